The van der Waals surface area contributed by atoms with Gasteiger partial charge >= 0.3 is 7.82 Å². The lowest BCUT2D eigenvalue weighted by Crippen LogP contribution is -2.45. The van der Waals surface area contributed by atoms with Gasteiger partial charge < -0.3 is 19.8 Å². The van der Waals surface area contributed by atoms with E-state index in [2.05, 4.69) is 55.6 Å². The van der Waals surface area contributed by atoms with Crippen LogP contribution in [-0.4, -0.2) is 73.4 Å². The second kappa shape index (κ2) is 41.8. The molecule has 0 fully saturated rings. The zero-order valence-electron chi connectivity index (χ0n) is 39.2. The number of nitrogens with zero attached hydrogens (tertiary/aromatic N) is 1. The Morgan fingerprint density at radius 3 is 1.54 bits per heavy atom. The summed E-state index contributed by atoms with van der Waals surface area (Å²) in [5.41, 5.74) is 0. The molecule has 0 aromatic heterocycles. The molecule has 59 heavy (non-hydrogen) atoms. The zero-order chi connectivity index (χ0) is 43.6. The Bertz CT molecular complexity index is 1100. The molecule has 0 spiro atoms. The van der Waals surface area contributed by atoms with Gasteiger partial charge in [-0.3, -0.25) is 13.8 Å². The Balaban J connectivity index is 4.34. The van der Waals surface area contributed by atoms with E-state index in [1.807, 2.05) is 27.2 Å². The summed E-state index contributed by atoms with van der Waals surface area (Å²) in [7, 11) is 1.55. The minimum Gasteiger partial charge on any atom is -0.387 e. The van der Waals surface area contributed by atoms with E-state index >= 15 is 0 Å². The van der Waals surface area contributed by atoms with Gasteiger partial charge in [0.25, 0.3) is 0 Å². The molecule has 0 radical (unpaired) electrons. The number of phosphoric acid groups is 1. The van der Waals surface area contributed by atoms with Crippen molar-refractivity contribution in [2.24, 2.45) is 0 Å². The lowest BCUT2D eigenvalue weighted by Gasteiger charge is -2.25. The number of likely N-dealkylation sites (N-methyl/N-ethyl adjacent to an activating group) is 1. The van der Waals surface area contributed by atoms with E-state index in [1.54, 1.807) is 6.08 Å². The second-order valence-electron chi connectivity index (χ2n) is 17.8. The number of carbonyl (C=O) groups excluding carboxylic acids is 1. The third-order valence-corrected chi connectivity index (χ3v) is 11.8. The van der Waals surface area contributed by atoms with Crippen molar-refractivity contribution in [2.75, 3.05) is 40.9 Å². The first kappa shape index (κ1) is 57.5. The summed E-state index contributed by atoms with van der Waals surface area (Å²) in [6, 6.07) is -0.863. The molecule has 0 aliphatic heterocycles. The van der Waals surface area contributed by atoms with Gasteiger partial charge in [-0.05, 0) is 57.8 Å². The Hall–Kier alpha value is -1.54. The van der Waals surface area contributed by atoms with Crippen LogP contribution in [0.5, 0.6) is 0 Å². The van der Waals surface area contributed by atoms with Crippen LogP contribution in [0.2, 0.25) is 0 Å². The Labute approximate surface area is 365 Å². The first-order valence-corrected chi connectivity index (χ1v) is 26.0. The van der Waals surface area contributed by atoms with Crippen LogP contribution in [0.1, 0.15) is 213 Å². The number of hydrogen-bond donors (Lipinski definition) is 3. The number of hydrogen-bond acceptors (Lipinski definition) is 5. The van der Waals surface area contributed by atoms with Crippen molar-refractivity contribution in [3.63, 3.8) is 0 Å². The summed E-state index contributed by atoms with van der Waals surface area (Å²) in [6.07, 6.45) is 53.3. The molecule has 3 N–H and O–H groups in total. The third kappa shape index (κ3) is 44.3. The van der Waals surface area contributed by atoms with Gasteiger partial charge in [-0.2, -0.15) is 0 Å². The second-order valence-corrected chi connectivity index (χ2v) is 19.3. The summed E-state index contributed by atoms with van der Waals surface area (Å²) in [4.78, 5) is 23.2. The van der Waals surface area contributed by atoms with Gasteiger partial charge in [-0.1, -0.05) is 197 Å². The van der Waals surface area contributed by atoms with Crippen LogP contribution in [0.3, 0.4) is 0 Å². The number of phosphoric ester groups is 1. The van der Waals surface area contributed by atoms with Crippen LogP contribution >= 0.6 is 7.82 Å². The van der Waals surface area contributed by atoms with Crippen LogP contribution in [0.25, 0.3) is 0 Å². The molecule has 346 valence electrons. The molecule has 0 saturated carbocycles. The van der Waals surface area contributed by atoms with E-state index in [-0.39, 0.29) is 19.1 Å². The molecule has 0 bridgehead atoms. The van der Waals surface area contributed by atoms with Crippen LogP contribution in [0.15, 0.2) is 48.6 Å². The maximum absolute atomic E-state index is 12.9. The Morgan fingerprint density at radius 2 is 1.03 bits per heavy atom. The van der Waals surface area contributed by atoms with Crippen molar-refractivity contribution in [2.45, 2.75) is 225 Å². The van der Waals surface area contributed by atoms with Crippen LogP contribution in [0, 0.1) is 0 Å². The van der Waals surface area contributed by atoms with Crippen LogP contribution in [0.4, 0.5) is 0 Å². The lowest BCUT2D eigenvalue weighted by molar-refractivity contribution is -0.870. The van der Waals surface area contributed by atoms with E-state index in [0.717, 1.165) is 51.4 Å². The number of nitrogens with one attached hydrogen (secondary N) is 1. The summed E-state index contributed by atoms with van der Waals surface area (Å²) in [5.74, 6) is -0.188. The van der Waals surface area contributed by atoms with Crippen molar-refractivity contribution in [3.8, 4) is 0 Å². The number of unbranched alkanes of at least 4 members (excludes halogenated alkanes) is 25. The summed E-state index contributed by atoms with van der Waals surface area (Å²) >= 11 is 0. The molecular weight excluding hydrogens is 756 g/mol. The number of aliphatic hydroxyl groups is 1. The molecule has 0 heterocycles. The van der Waals surface area contributed by atoms with Crippen LogP contribution in [-0.2, 0) is 18.4 Å². The first-order valence-electron chi connectivity index (χ1n) is 24.5. The number of carbonyl (C=O) groups is 1. The largest absolute Gasteiger partial charge is 0.472 e. The minimum atomic E-state index is -4.35. The van der Waals surface area contributed by atoms with E-state index in [9.17, 15) is 19.4 Å². The molecular formula is C50H96N2O6P+. The summed E-state index contributed by atoms with van der Waals surface area (Å²) in [5, 5.41) is 13.8. The Morgan fingerprint density at radius 1 is 0.593 bits per heavy atom. The fraction of sp³-hybridized carbons (Fsp3) is 0.820. The quantitative estimate of drug-likeness (QED) is 0.0244. The van der Waals surface area contributed by atoms with E-state index < -0.39 is 20.0 Å². The molecule has 1 amide bonds. The molecule has 0 rings (SSSR count). The number of amides is 1. The summed E-state index contributed by atoms with van der Waals surface area (Å²) < 4.78 is 23.6. The van der Waals surface area contributed by atoms with Gasteiger partial charge in [-0.15, -0.1) is 0 Å². The smallest absolute Gasteiger partial charge is 0.387 e. The van der Waals surface area contributed by atoms with E-state index in [1.165, 1.54) is 141 Å². The first-order chi connectivity index (χ1) is 28.5. The number of quaternary nitrogens is 1. The van der Waals surface area contributed by atoms with Crippen LogP contribution < -0.4 is 5.32 Å². The maximum atomic E-state index is 12.9. The lowest BCUT2D eigenvalue weighted by atomic mass is 10.0. The molecule has 0 aromatic carbocycles. The molecule has 3 unspecified atom stereocenters. The van der Waals surface area contributed by atoms with Crippen molar-refractivity contribution in [1.82, 2.24) is 5.32 Å². The number of aliphatic hydroxyl groups excluding tert-OH is 1. The molecule has 3 atom stereocenters. The number of allylic oxidation sites excluding steroid dienone is 7. The predicted octanol–water partition coefficient (Wildman–Crippen LogP) is 14.0. The molecule has 0 aromatic rings. The predicted molar refractivity (Wildman–Crippen MR) is 254 cm³/mol. The normalized spacial score (nSPS) is 14.6. The van der Waals surface area contributed by atoms with Gasteiger partial charge in [0.2, 0.25) is 5.91 Å². The highest BCUT2D eigenvalue weighted by molar-refractivity contribution is 7.47. The zero-order valence-corrected chi connectivity index (χ0v) is 40.1. The van der Waals surface area contributed by atoms with Gasteiger partial charge in [-0.25, -0.2) is 4.57 Å². The minimum absolute atomic E-state index is 0.0557. The molecule has 0 aliphatic carbocycles. The fourth-order valence-corrected chi connectivity index (χ4v) is 7.65. The molecule has 9 heteroatoms. The molecule has 0 saturated heterocycles. The average molecular weight is 852 g/mol. The number of rotatable bonds is 44. The third-order valence-electron chi connectivity index (χ3n) is 10.8. The van der Waals surface area contributed by atoms with Gasteiger partial charge in [0, 0.05) is 6.42 Å². The monoisotopic (exact) mass is 852 g/mol. The van der Waals surface area contributed by atoms with E-state index in [0.29, 0.717) is 17.4 Å². The SMILES string of the molecule is CC/C=C\C/C=C\CCCCCCCCCCCCCCCCC(=O)NC(COP(=O)(O)OCC[N+](C)(C)C)C(O)/C=C/CC/C=C/CCCCCCCCCCCC. The van der Waals surface area contributed by atoms with Crippen molar-refractivity contribution in [3.05, 3.63) is 48.6 Å². The van der Waals surface area contributed by atoms with E-state index in [4.69, 9.17) is 9.05 Å². The topological polar surface area (TPSA) is 105 Å². The van der Waals surface area contributed by atoms with Crippen molar-refractivity contribution >= 4 is 13.7 Å². The highest BCUT2D eigenvalue weighted by Crippen LogP contribution is 2.43. The average Bonchev–Trinajstić information content (AvgIpc) is 3.19. The maximum Gasteiger partial charge on any atom is 0.472 e. The Kier molecular flexibility index (Phi) is 40.7. The van der Waals surface area contributed by atoms with Gasteiger partial charge in [0.1, 0.15) is 13.2 Å². The standard InChI is InChI=1S/C50H95N2O6P/c1-6-8-10-12-14-16-18-20-22-24-25-26-27-28-30-32-34-36-38-40-42-44-50(54)51-48(47-58-59(55,56)57-46-45-52(3,4)5)49(53)43-41-39-37-35-33-31-29-23-21-19-17-15-13-11-9-7-2/h8,10,14,16,33,35,41,43,48-49,53H,6-7,9,11-13,15,17-32,34,36-40,42,44-47H2,1-5H3,(H-,51,54,55,56)/p+1/b10-8-,16-14-,35-33+,43-41+. The molecule has 8 nitrogen and oxygen atoms in total. The van der Waals surface area contributed by atoms with Crippen molar-refractivity contribution < 1.29 is 32.9 Å². The fourth-order valence-electron chi connectivity index (χ4n) is 6.92. The highest BCUT2D eigenvalue weighted by atomic mass is 31.2. The highest BCUT2D eigenvalue weighted by Gasteiger charge is 2.27. The van der Waals surface area contributed by atoms with Gasteiger partial charge in [0.15, 0.2) is 0 Å². The molecule has 0 aliphatic rings. The van der Waals surface area contributed by atoms with Gasteiger partial charge in [0.05, 0.1) is 39.9 Å². The summed E-state index contributed by atoms with van der Waals surface area (Å²) in [6.45, 7) is 4.70. The van der Waals surface area contributed by atoms with Crippen molar-refractivity contribution in [1.29, 1.82) is 0 Å².